The van der Waals surface area contributed by atoms with Crippen molar-refractivity contribution in [3.05, 3.63) is 77.4 Å². The quantitative estimate of drug-likeness (QED) is 0.436. The SMILES string of the molecule is Cc1cc(-c2n[nH]c3cc4c(cc23)CN([C@@H]2CCCN(Cc3ccc(F)cc3)C2)C(=O)N4)ccn1. The van der Waals surface area contributed by atoms with Crippen LogP contribution in [-0.4, -0.2) is 50.1 Å². The number of aromatic nitrogens is 3. The van der Waals surface area contributed by atoms with Crippen molar-refractivity contribution in [2.24, 2.45) is 0 Å². The number of halogens is 1. The van der Waals surface area contributed by atoms with E-state index in [1.54, 1.807) is 6.20 Å². The standard InChI is InChI=1S/C27H27FN6O/c1-17-11-19(8-9-29-17)26-23-12-20-15-34(27(35)30-24(20)13-25(23)31-32-26)22-3-2-10-33(16-22)14-18-4-6-21(28)7-5-18/h4-9,11-13,22H,2-3,10,14-16H2,1H3,(H,30,35)(H,31,32)/t22-/m1/s1. The Bertz CT molecular complexity index is 1400. The van der Waals surface area contributed by atoms with Gasteiger partial charge in [0.25, 0.3) is 0 Å². The lowest BCUT2D eigenvalue weighted by atomic mass is 9.99. The summed E-state index contributed by atoms with van der Waals surface area (Å²) in [4.78, 5) is 21.7. The molecule has 0 radical (unpaired) electrons. The van der Waals surface area contributed by atoms with E-state index >= 15 is 0 Å². The third-order valence-electron chi connectivity index (χ3n) is 7.04. The maximum Gasteiger partial charge on any atom is 0.322 e. The summed E-state index contributed by atoms with van der Waals surface area (Å²) in [6.07, 6.45) is 3.79. The van der Waals surface area contributed by atoms with E-state index in [9.17, 15) is 9.18 Å². The molecule has 2 N–H and O–H groups in total. The third-order valence-corrected chi connectivity index (χ3v) is 7.04. The number of carbonyl (C=O) groups excluding carboxylic acids is 1. The lowest BCUT2D eigenvalue weighted by Crippen LogP contribution is -2.52. The molecule has 0 bridgehead atoms. The van der Waals surface area contributed by atoms with Gasteiger partial charge in [-0.1, -0.05) is 12.1 Å². The zero-order valence-corrected chi connectivity index (χ0v) is 19.6. The second-order valence-corrected chi connectivity index (χ2v) is 9.53. The molecular weight excluding hydrogens is 443 g/mol. The van der Waals surface area contributed by atoms with Crippen molar-refractivity contribution in [1.29, 1.82) is 0 Å². The predicted octanol–water partition coefficient (Wildman–Crippen LogP) is 5.08. The molecule has 0 aliphatic carbocycles. The Morgan fingerprint density at radius 1 is 1.14 bits per heavy atom. The molecule has 0 saturated carbocycles. The van der Waals surface area contributed by atoms with Crippen LogP contribution in [0.4, 0.5) is 14.9 Å². The summed E-state index contributed by atoms with van der Waals surface area (Å²) in [6, 6.07) is 14.9. The summed E-state index contributed by atoms with van der Waals surface area (Å²) in [6.45, 7) is 5.07. The van der Waals surface area contributed by atoms with Crippen LogP contribution in [0, 0.1) is 12.7 Å². The smallest absolute Gasteiger partial charge is 0.316 e. The fourth-order valence-corrected chi connectivity index (χ4v) is 5.28. The normalized spacial score (nSPS) is 18.5. The molecule has 0 spiro atoms. The Labute approximate surface area is 203 Å². The van der Waals surface area contributed by atoms with Gasteiger partial charge in [-0.15, -0.1) is 0 Å². The van der Waals surface area contributed by atoms with Gasteiger partial charge in [-0.25, -0.2) is 9.18 Å². The first kappa shape index (κ1) is 21.7. The number of piperidine rings is 1. The number of benzene rings is 2. The molecule has 178 valence electrons. The lowest BCUT2D eigenvalue weighted by molar-refractivity contribution is 0.108. The van der Waals surface area contributed by atoms with Crippen molar-refractivity contribution in [2.45, 2.75) is 38.9 Å². The van der Waals surface area contributed by atoms with Gasteiger partial charge in [0.2, 0.25) is 0 Å². The highest BCUT2D eigenvalue weighted by Gasteiger charge is 2.32. The van der Waals surface area contributed by atoms with Crippen molar-refractivity contribution < 1.29 is 9.18 Å². The number of aromatic amines is 1. The molecule has 1 fully saturated rings. The van der Waals surface area contributed by atoms with Gasteiger partial charge in [0.05, 0.1) is 5.52 Å². The van der Waals surface area contributed by atoms with E-state index in [4.69, 9.17) is 0 Å². The van der Waals surface area contributed by atoms with Crippen molar-refractivity contribution in [2.75, 3.05) is 18.4 Å². The molecule has 35 heavy (non-hydrogen) atoms. The number of carbonyl (C=O) groups is 1. The van der Waals surface area contributed by atoms with Crippen molar-refractivity contribution in [3.8, 4) is 11.3 Å². The lowest BCUT2D eigenvalue weighted by Gasteiger charge is -2.41. The van der Waals surface area contributed by atoms with Crippen molar-refractivity contribution in [3.63, 3.8) is 0 Å². The van der Waals surface area contributed by atoms with Gasteiger partial charge in [-0.2, -0.15) is 5.10 Å². The molecule has 2 aromatic carbocycles. The van der Waals surface area contributed by atoms with Gasteiger partial charge in [-0.3, -0.25) is 15.0 Å². The molecule has 1 atom stereocenters. The summed E-state index contributed by atoms with van der Waals surface area (Å²) in [5, 5.41) is 11.8. The fourth-order valence-electron chi connectivity index (χ4n) is 5.28. The highest BCUT2D eigenvalue weighted by molar-refractivity contribution is 6.00. The fraction of sp³-hybridized carbons (Fsp3) is 0.296. The molecule has 2 aliphatic heterocycles. The molecule has 6 rings (SSSR count). The van der Waals surface area contributed by atoms with E-state index in [-0.39, 0.29) is 17.9 Å². The van der Waals surface area contributed by atoms with Crippen LogP contribution in [-0.2, 0) is 13.1 Å². The first-order valence-corrected chi connectivity index (χ1v) is 12.0. The summed E-state index contributed by atoms with van der Waals surface area (Å²) in [5.41, 5.74) is 6.74. The van der Waals surface area contributed by atoms with E-state index in [0.29, 0.717) is 6.54 Å². The number of fused-ring (bicyclic) bond motifs is 2. The Balaban J connectivity index is 1.24. The number of nitrogens with zero attached hydrogens (tertiary/aromatic N) is 4. The molecule has 8 heteroatoms. The molecule has 0 unspecified atom stereocenters. The maximum atomic E-state index is 13.3. The zero-order valence-electron chi connectivity index (χ0n) is 19.6. The van der Waals surface area contributed by atoms with E-state index in [2.05, 4.69) is 31.5 Å². The van der Waals surface area contributed by atoms with E-state index < -0.39 is 0 Å². The summed E-state index contributed by atoms with van der Waals surface area (Å²) < 4.78 is 13.3. The van der Waals surface area contributed by atoms with Crippen molar-refractivity contribution >= 4 is 22.6 Å². The monoisotopic (exact) mass is 470 g/mol. The number of H-pyrrole nitrogens is 1. The highest BCUT2D eigenvalue weighted by atomic mass is 19.1. The molecule has 2 amide bonds. The number of amides is 2. The summed E-state index contributed by atoms with van der Waals surface area (Å²) >= 11 is 0. The van der Waals surface area contributed by atoms with Gasteiger partial charge >= 0.3 is 6.03 Å². The van der Waals surface area contributed by atoms with Crippen molar-refractivity contribution in [1.82, 2.24) is 25.0 Å². The first-order chi connectivity index (χ1) is 17.0. The van der Waals surface area contributed by atoms with Crippen LogP contribution in [0.25, 0.3) is 22.2 Å². The van der Waals surface area contributed by atoms with Crippen LogP contribution >= 0.6 is 0 Å². The molecule has 1 saturated heterocycles. The predicted molar refractivity (Wildman–Crippen MR) is 133 cm³/mol. The van der Waals surface area contributed by atoms with Crippen LogP contribution in [0.3, 0.4) is 0 Å². The number of anilines is 1. The first-order valence-electron chi connectivity index (χ1n) is 12.0. The van der Waals surface area contributed by atoms with Gasteiger partial charge in [0.1, 0.15) is 11.5 Å². The molecule has 2 aliphatic rings. The molecule has 4 aromatic rings. The minimum atomic E-state index is -0.220. The second kappa shape index (κ2) is 8.78. The Hall–Kier alpha value is -3.78. The number of nitrogens with one attached hydrogen (secondary N) is 2. The molecule has 4 heterocycles. The van der Waals surface area contributed by atoms with E-state index in [0.717, 1.165) is 77.1 Å². The minimum Gasteiger partial charge on any atom is -0.316 e. The number of hydrogen-bond acceptors (Lipinski definition) is 4. The van der Waals surface area contributed by atoms with Crippen LogP contribution in [0.5, 0.6) is 0 Å². The maximum absolute atomic E-state index is 13.3. The third kappa shape index (κ3) is 4.25. The van der Waals surface area contributed by atoms with Crippen LogP contribution in [0.1, 0.15) is 29.7 Å². The average Bonchev–Trinajstić information content (AvgIpc) is 3.26. The summed E-state index contributed by atoms with van der Waals surface area (Å²) in [5.74, 6) is -0.220. The van der Waals surface area contributed by atoms with E-state index in [1.165, 1.54) is 12.1 Å². The van der Waals surface area contributed by atoms with Gasteiger partial charge < -0.3 is 10.2 Å². The van der Waals surface area contributed by atoms with E-state index in [1.807, 2.05) is 42.2 Å². The Morgan fingerprint density at radius 3 is 2.83 bits per heavy atom. The second-order valence-electron chi connectivity index (χ2n) is 9.53. The minimum absolute atomic E-state index is 0.0602. The molecule has 2 aromatic heterocycles. The number of pyridine rings is 1. The van der Waals surface area contributed by atoms with Crippen LogP contribution in [0.15, 0.2) is 54.7 Å². The largest absolute Gasteiger partial charge is 0.322 e. The van der Waals surface area contributed by atoms with Crippen LogP contribution in [0.2, 0.25) is 0 Å². The molecular formula is C27H27FN6O. The number of likely N-dealkylation sites (tertiary alicyclic amines) is 1. The zero-order chi connectivity index (χ0) is 23.9. The number of aryl methyl sites for hydroxylation is 1. The highest BCUT2D eigenvalue weighted by Crippen LogP contribution is 2.34. The Kier molecular flexibility index (Phi) is 5.45. The summed E-state index contributed by atoms with van der Waals surface area (Å²) in [7, 11) is 0. The number of urea groups is 1. The topological polar surface area (TPSA) is 77.2 Å². The van der Waals surface area contributed by atoms with Gasteiger partial charge in [-0.05, 0) is 73.8 Å². The average molecular weight is 471 g/mol. The number of hydrogen-bond donors (Lipinski definition) is 2. The number of rotatable bonds is 4. The van der Waals surface area contributed by atoms with Gasteiger partial charge in [0.15, 0.2) is 0 Å². The molecule has 7 nitrogen and oxygen atoms in total. The van der Waals surface area contributed by atoms with Crippen LogP contribution < -0.4 is 5.32 Å². The Morgan fingerprint density at radius 2 is 2.00 bits per heavy atom. The van der Waals surface area contributed by atoms with Gasteiger partial charge in [0, 0.05) is 54.2 Å².